The van der Waals surface area contributed by atoms with E-state index in [4.69, 9.17) is 5.73 Å². The molecule has 0 aliphatic rings. The SMILES string of the molecule is CC(C)CCc1nc(N)c2cc(Br)ccc2n1. The summed E-state index contributed by atoms with van der Waals surface area (Å²) in [5, 5.41) is 0.910. The van der Waals surface area contributed by atoms with Crippen LogP contribution < -0.4 is 5.73 Å². The number of anilines is 1. The molecule has 0 radical (unpaired) electrons. The molecule has 2 N–H and O–H groups in total. The van der Waals surface area contributed by atoms with Crippen molar-refractivity contribution in [1.82, 2.24) is 9.97 Å². The highest BCUT2D eigenvalue weighted by molar-refractivity contribution is 9.10. The molecule has 90 valence electrons. The fourth-order valence-corrected chi connectivity index (χ4v) is 2.06. The van der Waals surface area contributed by atoms with Gasteiger partial charge in [-0.2, -0.15) is 0 Å². The average Bonchev–Trinajstić information content (AvgIpc) is 2.27. The van der Waals surface area contributed by atoms with Crippen molar-refractivity contribution in [2.75, 3.05) is 5.73 Å². The van der Waals surface area contributed by atoms with Crippen molar-refractivity contribution in [3.63, 3.8) is 0 Å². The number of hydrogen-bond donors (Lipinski definition) is 1. The summed E-state index contributed by atoms with van der Waals surface area (Å²) in [6.45, 7) is 4.39. The molecule has 0 saturated heterocycles. The predicted octanol–water partition coefficient (Wildman–Crippen LogP) is 3.56. The van der Waals surface area contributed by atoms with Crippen LogP contribution in [0.2, 0.25) is 0 Å². The maximum atomic E-state index is 5.96. The van der Waals surface area contributed by atoms with E-state index < -0.39 is 0 Å². The van der Waals surface area contributed by atoms with E-state index in [9.17, 15) is 0 Å². The molecule has 1 heterocycles. The smallest absolute Gasteiger partial charge is 0.135 e. The number of halogens is 1. The van der Waals surface area contributed by atoms with Gasteiger partial charge in [-0.15, -0.1) is 0 Å². The Balaban J connectivity index is 2.38. The van der Waals surface area contributed by atoms with E-state index >= 15 is 0 Å². The summed E-state index contributed by atoms with van der Waals surface area (Å²) >= 11 is 3.42. The van der Waals surface area contributed by atoms with Crippen LogP contribution in [0.15, 0.2) is 22.7 Å². The third kappa shape index (κ3) is 2.94. The summed E-state index contributed by atoms with van der Waals surface area (Å²) in [7, 11) is 0. The van der Waals surface area contributed by atoms with Crippen LogP contribution >= 0.6 is 15.9 Å². The summed E-state index contributed by atoms with van der Waals surface area (Å²) in [6.07, 6.45) is 1.97. The molecule has 1 aromatic heterocycles. The Bertz CT molecular complexity index is 537. The van der Waals surface area contributed by atoms with Crippen molar-refractivity contribution in [2.24, 2.45) is 5.92 Å². The lowest BCUT2D eigenvalue weighted by atomic mass is 10.1. The van der Waals surface area contributed by atoms with Gasteiger partial charge in [0.05, 0.1) is 5.52 Å². The Morgan fingerprint density at radius 3 is 2.76 bits per heavy atom. The van der Waals surface area contributed by atoms with Gasteiger partial charge in [-0.25, -0.2) is 9.97 Å². The first kappa shape index (κ1) is 12.3. The molecule has 2 rings (SSSR count). The van der Waals surface area contributed by atoms with E-state index in [-0.39, 0.29) is 0 Å². The van der Waals surface area contributed by atoms with Crippen LogP contribution in [-0.4, -0.2) is 9.97 Å². The van der Waals surface area contributed by atoms with Crippen molar-refractivity contribution in [3.05, 3.63) is 28.5 Å². The lowest BCUT2D eigenvalue weighted by molar-refractivity contribution is 0.576. The monoisotopic (exact) mass is 293 g/mol. The maximum Gasteiger partial charge on any atom is 0.135 e. The lowest BCUT2D eigenvalue weighted by Gasteiger charge is -2.07. The number of aromatic nitrogens is 2. The van der Waals surface area contributed by atoms with E-state index in [1.54, 1.807) is 0 Å². The molecule has 0 spiro atoms. The molecular formula is C13H16BrN3. The molecule has 0 saturated carbocycles. The predicted molar refractivity (Wildman–Crippen MR) is 74.8 cm³/mol. The normalized spacial score (nSPS) is 11.3. The number of nitrogen functional groups attached to an aromatic ring is 1. The van der Waals surface area contributed by atoms with Crippen LogP contribution in [0, 0.1) is 5.92 Å². The van der Waals surface area contributed by atoms with E-state index in [1.165, 1.54) is 0 Å². The van der Waals surface area contributed by atoms with Crippen molar-refractivity contribution in [1.29, 1.82) is 0 Å². The summed E-state index contributed by atoms with van der Waals surface area (Å²) in [4.78, 5) is 8.90. The van der Waals surface area contributed by atoms with Crippen LogP contribution in [0.4, 0.5) is 5.82 Å². The number of benzene rings is 1. The van der Waals surface area contributed by atoms with Crippen LogP contribution in [-0.2, 0) is 6.42 Å². The Morgan fingerprint density at radius 1 is 1.29 bits per heavy atom. The molecule has 0 bridgehead atoms. The second kappa shape index (κ2) is 5.00. The highest BCUT2D eigenvalue weighted by Gasteiger charge is 2.06. The minimum Gasteiger partial charge on any atom is -0.383 e. The fraction of sp³-hybridized carbons (Fsp3) is 0.385. The van der Waals surface area contributed by atoms with Crippen molar-refractivity contribution in [3.8, 4) is 0 Å². The molecule has 2 aromatic rings. The van der Waals surface area contributed by atoms with Crippen LogP contribution in [0.3, 0.4) is 0 Å². The number of nitrogens with two attached hydrogens (primary N) is 1. The van der Waals surface area contributed by atoms with Crippen molar-refractivity contribution < 1.29 is 0 Å². The Morgan fingerprint density at radius 2 is 2.06 bits per heavy atom. The molecule has 0 amide bonds. The van der Waals surface area contributed by atoms with Gasteiger partial charge in [0, 0.05) is 16.3 Å². The maximum absolute atomic E-state index is 5.96. The molecule has 4 heteroatoms. The van der Waals surface area contributed by atoms with Crippen LogP contribution in [0.25, 0.3) is 10.9 Å². The molecule has 1 aromatic carbocycles. The number of hydrogen-bond acceptors (Lipinski definition) is 3. The lowest BCUT2D eigenvalue weighted by Crippen LogP contribution is -2.02. The first-order valence-corrected chi connectivity index (χ1v) is 6.57. The van der Waals surface area contributed by atoms with Gasteiger partial charge < -0.3 is 5.73 Å². The van der Waals surface area contributed by atoms with Crippen LogP contribution in [0.5, 0.6) is 0 Å². The molecule has 17 heavy (non-hydrogen) atoms. The van der Waals surface area contributed by atoms with Gasteiger partial charge >= 0.3 is 0 Å². The second-order valence-electron chi connectivity index (χ2n) is 4.62. The second-order valence-corrected chi connectivity index (χ2v) is 5.53. The van der Waals surface area contributed by atoms with E-state index in [0.717, 1.165) is 34.0 Å². The number of fused-ring (bicyclic) bond motifs is 1. The largest absolute Gasteiger partial charge is 0.383 e. The Labute approximate surface area is 110 Å². The quantitative estimate of drug-likeness (QED) is 0.941. The first-order valence-electron chi connectivity index (χ1n) is 5.78. The summed E-state index contributed by atoms with van der Waals surface area (Å²) < 4.78 is 0.996. The summed E-state index contributed by atoms with van der Waals surface area (Å²) in [5.74, 6) is 2.06. The minimum atomic E-state index is 0.565. The van der Waals surface area contributed by atoms with Gasteiger partial charge in [0.2, 0.25) is 0 Å². The molecule has 0 aliphatic carbocycles. The van der Waals surface area contributed by atoms with Crippen molar-refractivity contribution >= 4 is 32.7 Å². The van der Waals surface area contributed by atoms with Crippen LogP contribution in [0.1, 0.15) is 26.1 Å². The molecule has 0 unspecified atom stereocenters. The minimum absolute atomic E-state index is 0.565. The average molecular weight is 294 g/mol. The zero-order chi connectivity index (χ0) is 12.4. The van der Waals surface area contributed by atoms with E-state index in [1.807, 2.05) is 18.2 Å². The zero-order valence-electron chi connectivity index (χ0n) is 10.1. The third-order valence-corrected chi connectivity index (χ3v) is 3.17. The summed E-state index contributed by atoms with van der Waals surface area (Å²) in [6, 6.07) is 5.90. The molecule has 0 aliphatic heterocycles. The number of nitrogens with zero attached hydrogens (tertiary/aromatic N) is 2. The van der Waals surface area contributed by atoms with E-state index in [0.29, 0.717) is 11.7 Å². The van der Waals surface area contributed by atoms with E-state index in [2.05, 4.69) is 39.7 Å². The Kier molecular flexibility index (Phi) is 3.62. The first-order chi connectivity index (χ1) is 8.06. The molecule has 0 fully saturated rings. The summed E-state index contributed by atoms with van der Waals surface area (Å²) in [5.41, 5.74) is 6.88. The molecule has 0 atom stereocenters. The number of aryl methyl sites for hydroxylation is 1. The van der Waals surface area contributed by atoms with Gasteiger partial charge in [0.15, 0.2) is 0 Å². The fourth-order valence-electron chi connectivity index (χ4n) is 1.70. The topological polar surface area (TPSA) is 51.8 Å². The number of rotatable bonds is 3. The molecule has 3 nitrogen and oxygen atoms in total. The zero-order valence-corrected chi connectivity index (χ0v) is 11.7. The highest BCUT2D eigenvalue weighted by atomic mass is 79.9. The van der Waals surface area contributed by atoms with Gasteiger partial charge in [-0.05, 0) is 30.5 Å². The van der Waals surface area contributed by atoms with Gasteiger partial charge in [-0.1, -0.05) is 29.8 Å². The van der Waals surface area contributed by atoms with Gasteiger partial charge in [0.25, 0.3) is 0 Å². The standard InChI is InChI=1S/C13H16BrN3/c1-8(2)3-6-12-16-11-5-4-9(14)7-10(11)13(15)17-12/h4-5,7-8H,3,6H2,1-2H3,(H2,15,16,17). The van der Waals surface area contributed by atoms with Gasteiger partial charge in [-0.3, -0.25) is 0 Å². The van der Waals surface area contributed by atoms with Gasteiger partial charge in [0.1, 0.15) is 11.6 Å². The molecular weight excluding hydrogens is 278 g/mol. The Hall–Kier alpha value is -1.16. The highest BCUT2D eigenvalue weighted by Crippen LogP contribution is 2.22. The van der Waals surface area contributed by atoms with Crippen molar-refractivity contribution in [2.45, 2.75) is 26.7 Å². The third-order valence-electron chi connectivity index (χ3n) is 2.68.